The fourth-order valence-electron chi connectivity index (χ4n) is 2.70. The lowest BCUT2D eigenvalue weighted by molar-refractivity contribution is 0.605. The molecule has 0 radical (unpaired) electrons. The van der Waals surface area contributed by atoms with E-state index in [1.165, 1.54) is 6.07 Å². The number of fused-ring (bicyclic) bond motifs is 1. The van der Waals surface area contributed by atoms with Crippen molar-refractivity contribution in [1.29, 1.82) is 0 Å². The molecule has 0 fully saturated rings. The molecule has 0 spiro atoms. The van der Waals surface area contributed by atoms with Crippen molar-refractivity contribution >= 4 is 10.8 Å². The van der Waals surface area contributed by atoms with Crippen molar-refractivity contribution in [3.05, 3.63) is 77.9 Å². The average molecular weight is 280 g/mol. The van der Waals surface area contributed by atoms with E-state index in [9.17, 15) is 4.39 Å². The van der Waals surface area contributed by atoms with Crippen molar-refractivity contribution in [2.45, 2.75) is 13.0 Å². The molecule has 0 saturated heterocycles. The molecule has 0 saturated carbocycles. The van der Waals surface area contributed by atoms with Crippen molar-refractivity contribution < 1.29 is 4.39 Å². The minimum absolute atomic E-state index is 0.0307. The second-order valence-corrected chi connectivity index (χ2v) is 4.99. The predicted octanol–water partition coefficient (Wildman–Crippen LogP) is 4.07. The Hall–Kier alpha value is -2.26. The Morgan fingerprint density at radius 2 is 2.00 bits per heavy atom. The van der Waals surface area contributed by atoms with Gasteiger partial charge in [-0.2, -0.15) is 0 Å². The standard InChI is InChI=1S/C18H17FN2/c1-2-21-18(13-5-3-7-15(19)11-13)17-8-4-6-14-12-20-10-9-16(14)17/h3-12,18,21H,2H2,1H3. The number of halogens is 1. The van der Waals surface area contributed by atoms with Crippen LogP contribution in [0.25, 0.3) is 10.8 Å². The first kappa shape index (κ1) is 13.7. The van der Waals surface area contributed by atoms with Crippen LogP contribution in [0.4, 0.5) is 4.39 Å². The van der Waals surface area contributed by atoms with Gasteiger partial charge in [0, 0.05) is 17.8 Å². The fraction of sp³-hybridized carbons (Fsp3) is 0.167. The Labute approximate surface area is 123 Å². The van der Waals surface area contributed by atoms with Crippen molar-refractivity contribution in [3.63, 3.8) is 0 Å². The van der Waals surface area contributed by atoms with Crippen LogP contribution in [0.2, 0.25) is 0 Å². The third kappa shape index (κ3) is 2.78. The molecule has 0 aliphatic heterocycles. The quantitative estimate of drug-likeness (QED) is 0.779. The highest BCUT2D eigenvalue weighted by atomic mass is 19.1. The number of hydrogen-bond acceptors (Lipinski definition) is 2. The first-order valence-electron chi connectivity index (χ1n) is 7.11. The summed E-state index contributed by atoms with van der Waals surface area (Å²) in [6.07, 6.45) is 3.65. The van der Waals surface area contributed by atoms with Crippen LogP contribution in [0.1, 0.15) is 24.1 Å². The molecule has 3 rings (SSSR count). The summed E-state index contributed by atoms with van der Waals surface area (Å²) in [7, 11) is 0. The van der Waals surface area contributed by atoms with Crippen LogP contribution >= 0.6 is 0 Å². The predicted molar refractivity (Wildman–Crippen MR) is 83.7 cm³/mol. The molecule has 3 aromatic rings. The van der Waals surface area contributed by atoms with Crippen LogP contribution in [0.3, 0.4) is 0 Å². The van der Waals surface area contributed by atoms with Crippen LogP contribution < -0.4 is 5.32 Å². The van der Waals surface area contributed by atoms with Crippen LogP contribution in [-0.2, 0) is 0 Å². The monoisotopic (exact) mass is 280 g/mol. The zero-order chi connectivity index (χ0) is 14.7. The van der Waals surface area contributed by atoms with E-state index in [-0.39, 0.29) is 11.9 Å². The summed E-state index contributed by atoms with van der Waals surface area (Å²) in [6.45, 7) is 2.86. The van der Waals surface area contributed by atoms with E-state index >= 15 is 0 Å². The summed E-state index contributed by atoms with van der Waals surface area (Å²) in [4.78, 5) is 4.17. The van der Waals surface area contributed by atoms with Gasteiger partial charge in [-0.3, -0.25) is 4.98 Å². The second kappa shape index (κ2) is 6.02. The maximum atomic E-state index is 13.6. The number of nitrogens with zero attached hydrogens (tertiary/aromatic N) is 1. The van der Waals surface area contributed by atoms with Crippen molar-refractivity contribution in [3.8, 4) is 0 Å². The highest BCUT2D eigenvalue weighted by Crippen LogP contribution is 2.28. The Kier molecular flexibility index (Phi) is 3.93. The molecule has 1 unspecified atom stereocenters. The number of pyridine rings is 1. The highest BCUT2D eigenvalue weighted by molar-refractivity contribution is 5.85. The Morgan fingerprint density at radius 1 is 1.14 bits per heavy atom. The van der Waals surface area contributed by atoms with Crippen LogP contribution in [0.15, 0.2) is 60.9 Å². The molecule has 1 atom stereocenters. The van der Waals surface area contributed by atoms with Gasteiger partial charge in [-0.05, 0) is 41.3 Å². The normalized spacial score (nSPS) is 12.5. The van der Waals surface area contributed by atoms with Gasteiger partial charge in [-0.15, -0.1) is 0 Å². The van der Waals surface area contributed by atoms with Gasteiger partial charge in [0.1, 0.15) is 5.82 Å². The first-order valence-corrected chi connectivity index (χ1v) is 7.11. The second-order valence-electron chi connectivity index (χ2n) is 4.99. The summed E-state index contributed by atoms with van der Waals surface area (Å²) in [5, 5.41) is 5.68. The van der Waals surface area contributed by atoms with E-state index in [1.807, 2.05) is 30.5 Å². The van der Waals surface area contributed by atoms with E-state index < -0.39 is 0 Å². The van der Waals surface area contributed by atoms with Crippen LogP contribution in [0.5, 0.6) is 0 Å². The number of hydrogen-bond donors (Lipinski definition) is 1. The minimum atomic E-state index is -0.211. The van der Waals surface area contributed by atoms with Gasteiger partial charge < -0.3 is 5.32 Å². The molecule has 0 amide bonds. The lowest BCUT2D eigenvalue weighted by Gasteiger charge is -2.20. The lowest BCUT2D eigenvalue weighted by Crippen LogP contribution is -2.22. The molecule has 0 bridgehead atoms. The fourth-order valence-corrected chi connectivity index (χ4v) is 2.70. The SMILES string of the molecule is CCNC(c1cccc(F)c1)c1cccc2cnccc12. The van der Waals surface area contributed by atoms with Gasteiger partial charge in [0.25, 0.3) is 0 Å². The van der Waals surface area contributed by atoms with Gasteiger partial charge >= 0.3 is 0 Å². The van der Waals surface area contributed by atoms with E-state index in [2.05, 4.69) is 23.3 Å². The number of benzene rings is 2. The Balaban J connectivity index is 2.16. The van der Waals surface area contributed by atoms with E-state index in [4.69, 9.17) is 0 Å². The molecule has 1 aromatic heterocycles. The van der Waals surface area contributed by atoms with Gasteiger partial charge in [-0.25, -0.2) is 4.39 Å². The Bertz CT molecular complexity index is 750. The summed E-state index contributed by atoms with van der Waals surface area (Å²) in [5.74, 6) is -0.211. The molecule has 0 aliphatic carbocycles. The molecule has 1 N–H and O–H groups in total. The molecule has 2 aromatic carbocycles. The van der Waals surface area contributed by atoms with Crippen molar-refractivity contribution in [1.82, 2.24) is 10.3 Å². The average Bonchev–Trinajstić information content (AvgIpc) is 2.52. The van der Waals surface area contributed by atoms with Gasteiger partial charge in [0.05, 0.1) is 6.04 Å². The molecular formula is C18H17FN2. The summed E-state index contributed by atoms with van der Waals surface area (Å²) >= 11 is 0. The van der Waals surface area contributed by atoms with Gasteiger partial charge in [0.15, 0.2) is 0 Å². The maximum Gasteiger partial charge on any atom is 0.123 e. The number of nitrogens with one attached hydrogen (secondary N) is 1. The summed E-state index contributed by atoms with van der Waals surface area (Å²) in [5.41, 5.74) is 2.07. The zero-order valence-corrected chi connectivity index (χ0v) is 11.9. The molecule has 106 valence electrons. The van der Waals surface area contributed by atoms with E-state index in [0.29, 0.717) is 0 Å². The third-order valence-electron chi connectivity index (χ3n) is 3.62. The molecule has 0 aliphatic rings. The summed E-state index contributed by atoms with van der Waals surface area (Å²) < 4.78 is 13.6. The lowest BCUT2D eigenvalue weighted by atomic mass is 9.94. The maximum absolute atomic E-state index is 13.6. The topological polar surface area (TPSA) is 24.9 Å². The van der Waals surface area contributed by atoms with Crippen molar-refractivity contribution in [2.24, 2.45) is 0 Å². The third-order valence-corrected chi connectivity index (χ3v) is 3.62. The van der Waals surface area contributed by atoms with Crippen LogP contribution in [0, 0.1) is 5.82 Å². The summed E-state index contributed by atoms with van der Waals surface area (Å²) in [6, 6.07) is 14.9. The molecule has 3 heteroatoms. The number of aromatic nitrogens is 1. The Morgan fingerprint density at radius 3 is 2.81 bits per heavy atom. The first-order chi connectivity index (χ1) is 10.3. The molecule has 21 heavy (non-hydrogen) atoms. The van der Waals surface area contributed by atoms with E-state index in [1.54, 1.807) is 18.3 Å². The van der Waals surface area contributed by atoms with Crippen LogP contribution in [-0.4, -0.2) is 11.5 Å². The highest BCUT2D eigenvalue weighted by Gasteiger charge is 2.16. The smallest absolute Gasteiger partial charge is 0.123 e. The van der Waals surface area contributed by atoms with Gasteiger partial charge in [0.2, 0.25) is 0 Å². The molecule has 1 heterocycles. The van der Waals surface area contributed by atoms with Crippen molar-refractivity contribution in [2.75, 3.05) is 6.54 Å². The largest absolute Gasteiger partial charge is 0.307 e. The minimum Gasteiger partial charge on any atom is -0.307 e. The molecular weight excluding hydrogens is 263 g/mol. The zero-order valence-electron chi connectivity index (χ0n) is 11.9. The van der Waals surface area contributed by atoms with E-state index in [0.717, 1.165) is 28.4 Å². The van der Waals surface area contributed by atoms with Gasteiger partial charge in [-0.1, -0.05) is 37.3 Å². The number of rotatable bonds is 4. The molecule has 2 nitrogen and oxygen atoms in total.